The van der Waals surface area contributed by atoms with Gasteiger partial charge in [-0.3, -0.25) is 0 Å². The molecule has 0 spiro atoms. The Balaban J connectivity index is 1.83. The van der Waals surface area contributed by atoms with E-state index >= 15 is 0 Å². The third-order valence-electron chi connectivity index (χ3n) is 3.23. The first-order valence-corrected chi connectivity index (χ1v) is 6.83. The minimum atomic E-state index is 0.680. The van der Waals surface area contributed by atoms with Crippen molar-refractivity contribution >= 4 is 21.6 Å². The summed E-state index contributed by atoms with van der Waals surface area (Å²) < 4.78 is 2.84. The smallest absolute Gasteiger partial charge is 0.169 e. The number of nitrogens with zero attached hydrogens (tertiary/aromatic N) is 3. The Morgan fingerprint density at radius 3 is 3.24 bits per heavy atom. The molecule has 2 aromatic heterocycles. The highest BCUT2D eigenvalue weighted by molar-refractivity contribution is 9.10. The van der Waals surface area contributed by atoms with Crippen molar-refractivity contribution in [3.8, 4) is 0 Å². The van der Waals surface area contributed by atoms with E-state index in [0.717, 1.165) is 35.5 Å². The van der Waals surface area contributed by atoms with Crippen LogP contribution in [0.5, 0.6) is 0 Å². The molecular weight excluding hydrogens is 280 g/mol. The molecule has 4 nitrogen and oxygen atoms in total. The maximum absolute atomic E-state index is 4.58. The Morgan fingerprint density at radius 1 is 1.53 bits per heavy atom. The van der Waals surface area contributed by atoms with E-state index in [0.29, 0.717) is 5.92 Å². The van der Waals surface area contributed by atoms with Gasteiger partial charge in [-0.05, 0) is 59.9 Å². The van der Waals surface area contributed by atoms with Crippen molar-refractivity contribution in [2.45, 2.75) is 19.3 Å². The number of hydrogen-bond donors (Lipinski definition) is 1. The first-order valence-electron chi connectivity index (χ1n) is 6.03. The molecule has 2 aromatic rings. The third kappa shape index (κ3) is 2.35. The van der Waals surface area contributed by atoms with Crippen LogP contribution in [0.2, 0.25) is 0 Å². The predicted octanol–water partition coefficient (Wildman–Crippen LogP) is 2.03. The summed E-state index contributed by atoms with van der Waals surface area (Å²) in [7, 11) is 0. The molecular formula is C12H15BrN4. The second-order valence-electron chi connectivity index (χ2n) is 4.57. The molecule has 1 N–H and O–H groups in total. The van der Waals surface area contributed by atoms with Crippen molar-refractivity contribution in [2.75, 3.05) is 13.1 Å². The summed E-state index contributed by atoms with van der Waals surface area (Å²) in [6, 6.07) is 3.97. The van der Waals surface area contributed by atoms with Crippen LogP contribution in [0.15, 0.2) is 22.8 Å². The number of aromatic nitrogens is 3. The molecule has 0 radical (unpaired) electrons. The minimum Gasteiger partial charge on any atom is -0.316 e. The van der Waals surface area contributed by atoms with Crippen molar-refractivity contribution < 1.29 is 0 Å². The van der Waals surface area contributed by atoms with Crippen LogP contribution in [0.1, 0.15) is 18.7 Å². The molecule has 1 aliphatic heterocycles. The first-order chi connectivity index (χ1) is 8.33. The van der Waals surface area contributed by atoms with Gasteiger partial charge < -0.3 is 5.32 Å². The zero-order valence-electron chi connectivity index (χ0n) is 9.56. The average Bonchev–Trinajstić information content (AvgIpc) is 2.74. The molecule has 1 atom stereocenters. The first kappa shape index (κ1) is 11.2. The van der Waals surface area contributed by atoms with E-state index in [1.807, 2.05) is 22.8 Å². The van der Waals surface area contributed by atoms with E-state index in [1.54, 1.807) is 0 Å². The van der Waals surface area contributed by atoms with E-state index < -0.39 is 0 Å². The number of piperidine rings is 1. The van der Waals surface area contributed by atoms with Crippen LogP contribution in [0, 0.1) is 5.92 Å². The number of halogens is 1. The van der Waals surface area contributed by atoms with Gasteiger partial charge in [0.2, 0.25) is 0 Å². The summed E-state index contributed by atoms with van der Waals surface area (Å²) in [5, 5.41) is 7.94. The molecule has 17 heavy (non-hydrogen) atoms. The Bertz CT molecular complexity index is 516. The zero-order valence-corrected chi connectivity index (χ0v) is 11.2. The Hall–Kier alpha value is -0.940. The maximum atomic E-state index is 4.58. The van der Waals surface area contributed by atoms with Crippen molar-refractivity contribution in [2.24, 2.45) is 5.92 Å². The third-order valence-corrected chi connectivity index (χ3v) is 3.85. The molecule has 1 saturated heterocycles. The summed E-state index contributed by atoms with van der Waals surface area (Å²) in [6.07, 6.45) is 5.46. The fraction of sp³-hybridized carbons (Fsp3) is 0.500. The van der Waals surface area contributed by atoms with Crippen molar-refractivity contribution in [1.82, 2.24) is 19.9 Å². The fourth-order valence-corrected chi connectivity index (χ4v) is 2.78. The molecule has 1 fully saturated rings. The number of hydrogen-bond acceptors (Lipinski definition) is 3. The van der Waals surface area contributed by atoms with Gasteiger partial charge in [0.1, 0.15) is 0 Å². The molecule has 0 bridgehead atoms. The van der Waals surface area contributed by atoms with Crippen LogP contribution in [0.3, 0.4) is 0 Å². The summed E-state index contributed by atoms with van der Waals surface area (Å²) in [6.45, 7) is 2.25. The van der Waals surface area contributed by atoms with Gasteiger partial charge in [-0.15, -0.1) is 0 Å². The van der Waals surface area contributed by atoms with E-state index in [4.69, 9.17) is 0 Å². The molecule has 1 aliphatic rings. The molecule has 0 saturated carbocycles. The van der Waals surface area contributed by atoms with E-state index in [-0.39, 0.29) is 0 Å². The normalized spacial score (nSPS) is 20.9. The Morgan fingerprint density at radius 2 is 2.47 bits per heavy atom. The van der Waals surface area contributed by atoms with Crippen LogP contribution >= 0.6 is 15.9 Å². The van der Waals surface area contributed by atoms with Crippen molar-refractivity contribution in [1.29, 1.82) is 0 Å². The van der Waals surface area contributed by atoms with Gasteiger partial charge in [-0.2, -0.15) is 5.10 Å². The lowest BCUT2D eigenvalue weighted by atomic mass is 9.96. The van der Waals surface area contributed by atoms with Crippen molar-refractivity contribution in [3.63, 3.8) is 0 Å². The standard InChI is InChI=1S/C12H15BrN4/c13-10-4-2-6-17-12(10)15-11(16-17)7-9-3-1-5-14-8-9/h2,4,6,9,14H,1,3,5,7-8H2. The molecule has 0 aliphatic carbocycles. The van der Waals surface area contributed by atoms with Crippen LogP contribution in [0.4, 0.5) is 0 Å². The molecule has 5 heteroatoms. The monoisotopic (exact) mass is 294 g/mol. The molecule has 90 valence electrons. The number of pyridine rings is 1. The lowest BCUT2D eigenvalue weighted by Crippen LogP contribution is -2.31. The second kappa shape index (κ2) is 4.74. The number of rotatable bonds is 2. The average molecular weight is 295 g/mol. The van der Waals surface area contributed by atoms with Crippen LogP contribution < -0.4 is 5.32 Å². The van der Waals surface area contributed by atoms with Gasteiger partial charge in [-0.1, -0.05) is 0 Å². The summed E-state index contributed by atoms with van der Waals surface area (Å²) in [5.41, 5.74) is 0.909. The highest BCUT2D eigenvalue weighted by Crippen LogP contribution is 2.18. The molecule has 3 rings (SSSR count). The fourth-order valence-electron chi connectivity index (χ4n) is 2.36. The van der Waals surface area contributed by atoms with Gasteiger partial charge in [-0.25, -0.2) is 9.50 Å². The quantitative estimate of drug-likeness (QED) is 0.922. The SMILES string of the molecule is Brc1cccn2nc(CC3CCCNC3)nc12. The van der Waals surface area contributed by atoms with Crippen LogP contribution in [0.25, 0.3) is 5.65 Å². The van der Waals surface area contributed by atoms with E-state index in [1.165, 1.54) is 12.8 Å². The van der Waals surface area contributed by atoms with Crippen LogP contribution in [-0.2, 0) is 6.42 Å². The van der Waals surface area contributed by atoms with Crippen LogP contribution in [-0.4, -0.2) is 27.7 Å². The van der Waals surface area contributed by atoms with Crippen molar-refractivity contribution in [3.05, 3.63) is 28.6 Å². The largest absolute Gasteiger partial charge is 0.316 e. The van der Waals surface area contributed by atoms with Gasteiger partial charge in [0.15, 0.2) is 11.5 Å². The molecule has 3 heterocycles. The van der Waals surface area contributed by atoms with Gasteiger partial charge >= 0.3 is 0 Å². The molecule has 1 unspecified atom stereocenters. The highest BCUT2D eigenvalue weighted by Gasteiger charge is 2.16. The summed E-state index contributed by atoms with van der Waals surface area (Å²) >= 11 is 3.50. The summed E-state index contributed by atoms with van der Waals surface area (Å²) in [5.74, 6) is 1.63. The number of fused-ring (bicyclic) bond motifs is 1. The summed E-state index contributed by atoms with van der Waals surface area (Å²) in [4.78, 5) is 4.58. The molecule has 0 aromatic carbocycles. The Kier molecular flexibility index (Phi) is 3.11. The predicted molar refractivity (Wildman–Crippen MR) is 70.0 cm³/mol. The topological polar surface area (TPSA) is 42.2 Å². The van der Waals surface area contributed by atoms with Gasteiger partial charge in [0, 0.05) is 12.6 Å². The molecule has 0 amide bonds. The lowest BCUT2D eigenvalue weighted by molar-refractivity contribution is 0.371. The maximum Gasteiger partial charge on any atom is 0.169 e. The van der Waals surface area contributed by atoms with E-state index in [2.05, 4.69) is 31.3 Å². The minimum absolute atomic E-state index is 0.680. The number of nitrogens with one attached hydrogen (secondary N) is 1. The van der Waals surface area contributed by atoms with Gasteiger partial charge in [0.25, 0.3) is 0 Å². The van der Waals surface area contributed by atoms with Gasteiger partial charge in [0.05, 0.1) is 4.47 Å². The van der Waals surface area contributed by atoms with E-state index in [9.17, 15) is 0 Å². The zero-order chi connectivity index (χ0) is 11.7. The highest BCUT2D eigenvalue weighted by atomic mass is 79.9. The lowest BCUT2D eigenvalue weighted by Gasteiger charge is -2.21. The Labute approximate surface area is 109 Å². The second-order valence-corrected chi connectivity index (χ2v) is 5.42.